The number of nitriles is 1. The van der Waals surface area contributed by atoms with E-state index < -0.39 is 0 Å². The van der Waals surface area contributed by atoms with Crippen LogP contribution in [0.25, 0.3) is 0 Å². The zero-order valence-corrected chi connectivity index (χ0v) is 9.75. The van der Waals surface area contributed by atoms with E-state index in [1.807, 2.05) is 31.2 Å². The van der Waals surface area contributed by atoms with Crippen molar-refractivity contribution in [3.63, 3.8) is 0 Å². The van der Waals surface area contributed by atoms with Gasteiger partial charge in [0.1, 0.15) is 0 Å². The molecule has 0 spiro atoms. The SMILES string of the molecule is CC(CC#N)NC(C)c1cccc(Cl)c1. The zero-order valence-electron chi connectivity index (χ0n) is 9.00. The average molecular weight is 223 g/mol. The molecule has 0 aliphatic rings. The molecule has 0 saturated heterocycles. The highest BCUT2D eigenvalue weighted by atomic mass is 35.5. The van der Waals surface area contributed by atoms with Gasteiger partial charge in [-0.15, -0.1) is 0 Å². The molecule has 0 aliphatic carbocycles. The average Bonchev–Trinajstić information content (AvgIpc) is 2.18. The van der Waals surface area contributed by atoms with Crippen LogP contribution in [-0.2, 0) is 0 Å². The van der Waals surface area contributed by atoms with Crippen LogP contribution in [0.2, 0.25) is 5.02 Å². The lowest BCUT2D eigenvalue weighted by molar-refractivity contribution is 0.485. The van der Waals surface area contributed by atoms with Gasteiger partial charge in [-0.2, -0.15) is 5.26 Å². The summed E-state index contributed by atoms with van der Waals surface area (Å²) in [4.78, 5) is 0. The Kier molecular flexibility index (Phi) is 4.61. The molecule has 0 bridgehead atoms. The first-order chi connectivity index (χ1) is 7.13. The molecule has 2 unspecified atom stereocenters. The van der Waals surface area contributed by atoms with Crippen LogP contribution in [0.3, 0.4) is 0 Å². The predicted molar refractivity (Wildman–Crippen MR) is 62.7 cm³/mol. The molecule has 0 radical (unpaired) electrons. The van der Waals surface area contributed by atoms with Crippen molar-refractivity contribution in [2.24, 2.45) is 0 Å². The minimum absolute atomic E-state index is 0.198. The van der Waals surface area contributed by atoms with E-state index >= 15 is 0 Å². The topological polar surface area (TPSA) is 35.8 Å². The molecule has 1 aromatic carbocycles. The third kappa shape index (κ3) is 3.91. The molecule has 3 heteroatoms. The molecular weight excluding hydrogens is 208 g/mol. The maximum Gasteiger partial charge on any atom is 0.0638 e. The van der Waals surface area contributed by atoms with Crippen molar-refractivity contribution < 1.29 is 0 Å². The molecule has 0 amide bonds. The Balaban J connectivity index is 2.61. The largest absolute Gasteiger partial charge is 0.307 e. The first-order valence-corrected chi connectivity index (χ1v) is 5.39. The summed E-state index contributed by atoms with van der Waals surface area (Å²) in [6.07, 6.45) is 0.519. The van der Waals surface area contributed by atoms with Gasteiger partial charge >= 0.3 is 0 Å². The normalized spacial score (nSPS) is 14.3. The van der Waals surface area contributed by atoms with Gasteiger partial charge < -0.3 is 5.32 Å². The van der Waals surface area contributed by atoms with E-state index in [2.05, 4.69) is 18.3 Å². The van der Waals surface area contributed by atoms with Gasteiger partial charge in [-0.05, 0) is 31.5 Å². The smallest absolute Gasteiger partial charge is 0.0638 e. The lowest BCUT2D eigenvalue weighted by Crippen LogP contribution is -2.28. The maximum atomic E-state index is 8.55. The van der Waals surface area contributed by atoms with Crippen LogP contribution in [0.5, 0.6) is 0 Å². The first-order valence-electron chi connectivity index (χ1n) is 5.02. The van der Waals surface area contributed by atoms with Crippen LogP contribution in [0.1, 0.15) is 31.9 Å². The molecule has 0 fully saturated rings. The molecule has 0 aromatic heterocycles. The molecular formula is C12H15ClN2. The number of benzene rings is 1. The van der Waals surface area contributed by atoms with Crippen molar-refractivity contribution >= 4 is 11.6 Å². The van der Waals surface area contributed by atoms with E-state index in [9.17, 15) is 0 Å². The lowest BCUT2D eigenvalue weighted by Gasteiger charge is -2.18. The van der Waals surface area contributed by atoms with Gasteiger partial charge in [-0.25, -0.2) is 0 Å². The van der Waals surface area contributed by atoms with E-state index in [0.717, 1.165) is 10.6 Å². The lowest BCUT2D eigenvalue weighted by atomic mass is 10.1. The van der Waals surface area contributed by atoms with Crippen molar-refractivity contribution in [1.82, 2.24) is 5.32 Å². The second-order valence-electron chi connectivity index (χ2n) is 3.71. The van der Waals surface area contributed by atoms with E-state index in [1.54, 1.807) is 0 Å². The standard InChI is InChI=1S/C12H15ClN2/c1-9(6-7-14)15-10(2)11-4-3-5-12(13)8-11/h3-5,8-10,15H,6H2,1-2H3. The summed E-state index contributed by atoms with van der Waals surface area (Å²) in [5.41, 5.74) is 1.15. The quantitative estimate of drug-likeness (QED) is 0.849. The molecule has 80 valence electrons. The first kappa shape index (κ1) is 12.0. The fourth-order valence-electron chi connectivity index (χ4n) is 1.49. The van der Waals surface area contributed by atoms with E-state index in [4.69, 9.17) is 16.9 Å². The highest BCUT2D eigenvalue weighted by Crippen LogP contribution is 2.17. The summed E-state index contributed by atoms with van der Waals surface area (Å²) in [5, 5.41) is 12.6. The third-order valence-electron chi connectivity index (χ3n) is 2.28. The molecule has 0 heterocycles. The van der Waals surface area contributed by atoms with E-state index in [-0.39, 0.29) is 12.1 Å². The van der Waals surface area contributed by atoms with Crippen LogP contribution in [0, 0.1) is 11.3 Å². The van der Waals surface area contributed by atoms with Crippen LogP contribution >= 0.6 is 11.6 Å². The molecule has 0 aliphatic heterocycles. The van der Waals surface area contributed by atoms with Gasteiger partial charge in [0.05, 0.1) is 12.5 Å². The van der Waals surface area contributed by atoms with Crippen LogP contribution in [-0.4, -0.2) is 6.04 Å². The Morgan fingerprint density at radius 2 is 2.20 bits per heavy atom. The summed E-state index contributed by atoms with van der Waals surface area (Å²) >= 11 is 5.91. The Labute approximate surface area is 95.9 Å². The van der Waals surface area contributed by atoms with Gasteiger partial charge in [-0.3, -0.25) is 0 Å². The number of nitrogens with zero attached hydrogens (tertiary/aromatic N) is 1. The van der Waals surface area contributed by atoms with Gasteiger partial charge in [0.2, 0.25) is 0 Å². The molecule has 1 rings (SSSR count). The van der Waals surface area contributed by atoms with E-state index in [0.29, 0.717) is 6.42 Å². The van der Waals surface area contributed by atoms with Gasteiger partial charge in [0.15, 0.2) is 0 Å². The Morgan fingerprint density at radius 1 is 1.47 bits per heavy atom. The van der Waals surface area contributed by atoms with Gasteiger partial charge in [0, 0.05) is 17.1 Å². The molecule has 2 nitrogen and oxygen atoms in total. The highest BCUT2D eigenvalue weighted by molar-refractivity contribution is 6.30. The Bertz CT molecular complexity index is 357. The number of hydrogen-bond donors (Lipinski definition) is 1. The number of rotatable bonds is 4. The van der Waals surface area contributed by atoms with Gasteiger partial charge in [0.25, 0.3) is 0 Å². The molecule has 15 heavy (non-hydrogen) atoms. The van der Waals surface area contributed by atoms with Crippen molar-refractivity contribution in [1.29, 1.82) is 5.26 Å². The molecule has 1 aromatic rings. The zero-order chi connectivity index (χ0) is 11.3. The number of nitrogens with one attached hydrogen (secondary N) is 1. The maximum absolute atomic E-state index is 8.55. The fraction of sp³-hybridized carbons (Fsp3) is 0.417. The summed E-state index contributed by atoms with van der Waals surface area (Å²) in [5.74, 6) is 0. The van der Waals surface area contributed by atoms with Crippen LogP contribution in [0.4, 0.5) is 0 Å². The van der Waals surface area contributed by atoms with Crippen molar-refractivity contribution in [2.45, 2.75) is 32.4 Å². The summed E-state index contributed by atoms with van der Waals surface area (Å²) < 4.78 is 0. The van der Waals surface area contributed by atoms with Crippen molar-refractivity contribution in [3.05, 3.63) is 34.9 Å². The predicted octanol–water partition coefficient (Wildman–Crippen LogP) is 3.29. The monoisotopic (exact) mass is 222 g/mol. The van der Waals surface area contributed by atoms with E-state index in [1.165, 1.54) is 0 Å². The van der Waals surface area contributed by atoms with Gasteiger partial charge in [-0.1, -0.05) is 23.7 Å². The van der Waals surface area contributed by atoms with Crippen molar-refractivity contribution in [3.8, 4) is 6.07 Å². The Morgan fingerprint density at radius 3 is 2.80 bits per heavy atom. The second-order valence-corrected chi connectivity index (χ2v) is 4.14. The number of hydrogen-bond acceptors (Lipinski definition) is 2. The van der Waals surface area contributed by atoms with Crippen LogP contribution < -0.4 is 5.32 Å². The summed E-state index contributed by atoms with van der Waals surface area (Å²) in [6.45, 7) is 4.07. The molecule has 0 saturated carbocycles. The second kappa shape index (κ2) is 5.75. The minimum atomic E-state index is 0.198. The summed E-state index contributed by atoms with van der Waals surface area (Å²) in [6, 6.07) is 10.3. The molecule has 2 atom stereocenters. The highest BCUT2D eigenvalue weighted by Gasteiger charge is 2.08. The number of halogens is 1. The fourth-order valence-corrected chi connectivity index (χ4v) is 1.69. The minimum Gasteiger partial charge on any atom is -0.307 e. The van der Waals surface area contributed by atoms with Crippen LogP contribution in [0.15, 0.2) is 24.3 Å². The van der Waals surface area contributed by atoms with Crippen molar-refractivity contribution in [2.75, 3.05) is 0 Å². The summed E-state index contributed by atoms with van der Waals surface area (Å²) in [7, 11) is 0. The third-order valence-corrected chi connectivity index (χ3v) is 2.52. The molecule has 1 N–H and O–H groups in total. The Hall–Kier alpha value is -1.04.